The molecule has 1 saturated heterocycles. The molecule has 15 heteroatoms. The van der Waals surface area contributed by atoms with E-state index in [0.29, 0.717) is 11.2 Å². The van der Waals surface area contributed by atoms with E-state index in [-0.39, 0.29) is 30.0 Å². The number of hydrogen-bond acceptors (Lipinski definition) is 8. The maximum Gasteiger partial charge on any atom is 0.522 e. The van der Waals surface area contributed by atoms with Gasteiger partial charge in [0.1, 0.15) is 18.2 Å². The van der Waals surface area contributed by atoms with Gasteiger partial charge in [-0.1, -0.05) is 0 Å². The summed E-state index contributed by atoms with van der Waals surface area (Å²) in [5.74, 6) is 0.504. The number of carbonyl (C=O) groups excluding carboxylic acids is 1. The molecule has 4 heterocycles. The molecule has 4 rings (SSSR count). The molecule has 1 aliphatic rings. The number of H-pyrrole nitrogens is 1. The minimum absolute atomic E-state index is 0.0447. The summed E-state index contributed by atoms with van der Waals surface area (Å²) < 4.78 is 67.4. The highest BCUT2D eigenvalue weighted by Crippen LogP contribution is 2.33. The zero-order chi connectivity index (χ0) is 24.5. The molecule has 1 amide bonds. The maximum absolute atomic E-state index is 14.8. The first-order valence-electron chi connectivity index (χ1n) is 10.2. The molecule has 0 saturated carbocycles. The molecular weight excluding hydrogens is 466 g/mol. The molecule has 0 aromatic carbocycles. The van der Waals surface area contributed by atoms with Gasteiger partial charge in [0.15, 0.2) is 23.9 Å². The van der Waals surface area contributed by atoms with Gasteiger partial charge >= 0.3 is 12.5 Å². The summed E-state index contributed by atoms with van der Waals surface area (Å²) in [6.07, 6.45) is -6.40. The minimum Gasteiger partial charge on any atom is -0.441 e. The van der Waals surface area contributed by atoms with Crippen LogP contribution in [0, 0.1) is 0 Å². The Bertz CT molecular complexity index is 1150. The molecule has 0 radical (unpaired) electrons. The van der Waals surface area contributed by atoms with Gasteiger partial charge in [-0.25, -0.2) is 18.7 Å². The van der Waals surface area contributed by atoms with Crippen LogP contribution in [0.15, 0.2) is 24.5 Å². The van der Waals surface area contributed by atoms with Crippen LogP contribution >= 0.6 is 0 Å². The van der Waals surface area contributed by atoms with Gasteiger partial charge < -0.3 is 20.1 Å². The number of nitrogens with one attached hydrogen (secondary N) is 3. The number of aromatic amines is 1. The Hall–Kier alpha value is -3.46. The third-order valence-electron chi connectivity index (χ3n) is 4.72. The van der Waals surface area contributed by atoms with Crippen molar-refractivity contribution in [3.63, 3.8) is 0 Å². The van der Waals surface area contributed by atoms with E-state index < -0.39 is 37.4 Å². The number of hydrogen-bond donors (Lipinski definition) is 3. The van der Waals surface area contributed by atoms with Gasteiger partial charge in [0.25, 0.3) is 0 Å². The molecule has 11 nitrogen and oxygen atoms in total. The van der Waals surface area contributed by atoms with Gasteiger partial charge in [0.05, 0.1) is 18.0 Å². The summed E-state index contributed by atoms with van der Waals surface area (Å²) in [5.41, 5.74) is 0.714. The number of fused-ring (bicyclic) bond motifs is 1. The molecule has 0 aliphatic carbocycles. The molecule has 3 aromatic rings. The fraction of sp³-hybridized carbons (Fsp3) is 0.474. The Kier molecular flexibility index (Phi) is 6.56. The summed E-state index contributed by atoms with van der Waals surface area (Å²) in [6.45, 7) is 2.61. The fourth-order valence-electron chi connectivity index (χ4n) is 3.31. The van der Waals surface area contributed by atoms with E-state index in [1.165, 1.54) is 29.0 Å². The summed E-state index contributed by atoms with van der Waals surface area (Å²) in [4.78, 5) is 15.9. The number of alkyl halides is 4. The van der Waals surface area contributed by atoms with Crippen molar-refractivity contribution in [2.45, 2.75) is 51.2 Å². The molecular formula is C19H21F4N7O4. The van der Waals surface area contributed by atoms with Crippen LogP contribution in [0.5, 0.6) is 0 Å². The minimum atomic E-state index is -4.78. The molecule has 1 fully saturated rings. The van der Waals surface area contributed by atoms with Crippen LogP contribution in [0.25, 0.3) is 5.52 Å². The number of aromatic nitrogens is 5. The number of ether oxygens (including phenoxy) is 3. The van der Waals surface area contributed by atoms with Crippen molar-refractivity contribution in [3.05, 3.63) is 35.9 Å². The van der Waals surface area contributed by atoms with Gasteiger partial charge in [-0.15, -0.1) is 13.2 Å². The van der Waals surface area contributed by atoms with E-state index in [9.17, 15) is 22.4 Å². The largest absolute Gasteiger partial charge is 0.522 e. The number of rotatable bonds is 7. The first kappa shape index (κ1) is 23.7. The number of nitrogens with zero attached hydrogens (tertiary/aromatic N) is 4. The summed E-state index contributed by atoms with van der Waals surface area (Å²) in [7, 11) is 0. The molecule has 0 spiro atoms. The zero-order valence-corrected chi connectivity index (χ0v) is 18.0. The summed E-state index contributed by atoms with van der Waals surface area (Å²) in [6, 6.07) is 2.71. The van der Waals surface area contributed by atoms with E-state index in [2.05, 4.69) is 35.7 Å². The lowest BCUT2D eigenvalue weighted by Crippen LogP contribution is -2.36. The molecule has 1 aliphatic heterocycles. The third-order valence-corrected chi connectivity index (χ3v) is 4.72. The average molecular weight is 487 g/mol. The third kappa shape index (κ3) is 5.53. The van der Waals surface area contributed by atoms with Gasteiger partial charge in [0.2, 0.25) is 0 Å². The highest BCUT2D eigenvalue weighted by molar-refractivity contribution is 5.72. The van der Waals surface area contributed by atoms with Crippen molar-refractivity contribution < 1.29 is 36.6 Å². The Morgan fingerprint density at radius 1 is 1.38 bits per heavy atom. The van der Waals surface area contributed by atoms with Crippen molar-refractivity contribution in [3.8, 4) is 0 Å². The van der Waals surface area contributed by atoms with Gasteiger partial charge in [-0.2, -0.15) is 10.2 Å². The quantitative estimate of drug-likeness (QED) is 0.434. The van der Waals surface area contributed by atoms with Crippen molar-refractivity contribution in [1.82, 2.24) is 30.1 Å². The van der Waals surface area contributed by atoms with E-state index in [1.54, 1.807) is 13.8 Å². The Morgan fingerprint density at radius 3 is 2.91 bits per heavy atom. The molecule has 34 heavy (non-hydrogen) atoms. The second-order valence-corrected chi connectivity index (χ2v) is 7.75. The first-order valence-corrected chi connectivity index (χ1v) is 10.2. The summed E-state index contributed by atoms with van der Waals surface area (Å²) >= 11 is 0. The standard InChI is InChI=1S/C19H21F4N7O4/c1-9(2)25-18(31)34-13-8-32-16(15(13)20)11-6-14(28-27-11)26-17-12-5-10(7-33-19(21,22)23)29-30(12)4-3-24-17/h3-6,9,13,15-16H,7-8H2,1-2H3,(H,25,31)(H2,24,26,27,28)/t13-,15-,16-/m0/s1. The number of carbonyl (C=O) groups is 1. The fourth-order valence-corrected chi connectivity index (χ4v) is 3.31. The van der Waals surface area contributed by atoms with E-state index in [1.807, 2.05) is 0 Å². The lowest BCUT2D eigenvalue weighted by molar-refractivity contribution is -0.330. The molecule has 0 unspecified atom stereocenters. The topological polar surface area (TPSA) is 128 Å². The number of anilines is 2. The van der Waals surface area contributed by atoms with Crippen molar-refractivity contribution in [2.24, 2.45) is 0 Å². The lowest BCUT2D eigenvalue weighted by Gasteiger charge is -2.16. The number of halogens is 4. The average Bonchev–Trinajstić information content (AvgIpc) is 3.45. The van der Waals surface area contributed by atoms with Crippen molar-refractivity contribution in [2.75, 3.05) is 11.9 Å². The predicted molar refractivity (Wildman–Crippen MR) is 108 cm³/mol. The van der Waals surface area contributed by atoms with Gasteiger partial charge in [-0.05, 0) is 19.9 Å². The highest BCUT2D eigenvalue weighted by atomic mass is 19.4. The van der Waals surface area contributed by atoms with Crippen LogP contribution in [0.1, 0.15) is 31.3 Å². The molecule has 184 valence electrons. The normalized spacial score (nSPS) is 20.7. The van der Waals surface area contributed by atoms with Crippen LogP contribution in [0.4, 0.5) is 34.0 Å². The monoisotopic (exact) mass is 487 g/mol. The van der Waals surface area contributed by atoms with Crippen LogP contribution in [0.3, 0.4) is 0 Å². The second kappa shape index (κ2) is 9.42. The van der Waals surface area contributed by atoms with Crippen molar-refractivity contribution in [1.29, 1.82) is 0 Å². The van der Waals surface area contributed by atoms with Crippen LogP contribution in [-0.2, 0) is 20.8 Å². The molecule has 0 bridgehead atoms. The van der Waals surface area contributed by atoms with E-state index >= 15 is 0 Å². The smallest absolute Gasteiger partial charge is 0.441 e. The van der Waals surface area contributed by atoms with Gasteiger partial charge in [0, 0.05) is 24.5 Å². The Balaban J connectivity index is 1.43. The predicted octanol–water partition coefficient (Wildman–Crippen LogP) is 3.15. The van der Waals surface area contributed by atoms with Crippen LogP contribution in [-0.4, -0.2) is 62.2 Å². The lowest BCUT2D eigenvalue weighted by atomic mass is 10.1. The number of amides is 1. The maximum atomic E-state index is 14.8. The molecule has 3 aromatic heterocycles. The Morgan fingerprint density at radius 2 is 2.18 bits per heavy atom. The highest BCUT2D eigenvalue weighted by Gasteiger charge is 2.42. The van der Waals surface area contributed by atoms with E-state index in [4.69, 9.17) is 9.47 Å². The zero-order valence-electron chi connectivity index (χ0n) is 18.0. The first-order chi connectivity index (χ1) is 16.1. The SMILES string of the molecule is CC(C)NC(=O)O[C@H]1CO[C@@H](c2cc(Nc3nccn4nc(COC(F)(F)F)cc34)n[nH]2)[C@H]1F. The van der Waals surface area contributed by atoms with Crippen molar-refractivity contribution >= 4 is 23.2 Å². The van der Waals surface area contributed by atoms with Gasteiger partial charge in [-0.3, -0.25) is 9.84 Å². The molecule has 3 atom stereocenters. The number of alkyl carbamates (subject to hydrolysis) is 1. The van der Waals surface area contributed by atoms with E-state index in [0.717, 1.165) is 0 Å². The summed E-state index contributed by atoms with van der Waals surface area (Å²) in [5, 5.41) is 16.2. The van der Waals surface area contributed by atoms with Crippen LogP contribution < -0.4 is 10.6 Å². The molecule has 3 N–H and O–H groups in total. The van der Waals surface area contributed by atoms with Crippen LogP contribution in [0.2, 0.25) is 0 Å². The Labute approximate surface area is 189 Å². The second-order valence-electron chi connectivity index (χ2n) is 7.75.